The maximum Gasteiger partial charge on any atom is 0.225 e. The molecule has 2 aromatic rings. The molecule has 1 saturated carbocycles. The number of halogens is 1. The van der Waals surface area contributed by atoms with Gasteiger partial charge in [-0.1, -0.05) is 24.4 Å². The second-order valence-electron chi connectivity index (χ2n) is 7.31. The van der Waals surface area contributed by atoms with Crippen molar-refractivity contribution in [3.05, 3.63) is 46.7 Å². The lowest BCUT2D eigenvalue weighted by Crippen LogP contribution is -2.33. The van der Waals surface area contributed by atoms with Crippen molar-refractivity contribution in [3.63, 3.8) is 0 Å². The third-order valence-corrected chi connectivity index (χ3v) is 5.73. The molecule has 2 fully saturated rings. The third kappa shape index (κ3) is 3.88. The second-order valence-corrected chi connectivity index (χ2v) is 7.75. The monoisotopic (exact) mass is 373 g/mol. The van der Waals surface area contributed by atoms with Crippen LogP contribution < -0.4 is 4.74 Å². The number of rotatable bonds is 5. The smallest absolute Gasteiger partial charge is 0.225 e. The van der Waals surface area contributed by atoms with Crippen molar-refractivity contribution in [1.82, 2.24) is 15.1 Å². The Hall–Kier alpha value is -2.01. The molecule has 1 aromatic carbocycles. The van der Waals surface area contributed by atoms with E-state index in [0.717, 1.165) is 49.5 Å². The maximum atomic E-state index is 12.6. The molecule has 1 unspecified atom stereocenters. The van der Waals surface area contributed by atoms with Gasteiger partial charge in [0.15, 0.2) is 0 Å². The largest absolute Gasteiger partial charge is 0.487 e. The van der Waals surface area contributed by atoms with Crippen molar-refractivity contribution in [1.29, 1.82) is 0 Å². The van der Waals surface area contributed by atoms with E-state index in [1.807, 2.05) is 29.2 Å². The van der Waals surface area contributed by atoms with Gasteiger partial charge in [-0.3, -0.25) is 9.89 Å². The molecule has 2 heterocycles. The molecule has 5 nitrogen and oxygen atoms in total. The van der Waals surface area contributed by atoms with Gasteiger partial charge < -0.3 is 9.64 Å². The molecular weight excluding hydrogens is 350 g/mol. The van der Waals surface area contributed by atoms with Crippen molar-refractivity contribution >= 4 is 17.5 Å². The molecule has 1 amide bonds. The van der Waals surface area contributed by atoms with Gasteiger partial charge in [-0.15, -0.1) is 0 Å². The molecule has 2 aliphatic rings. The highest BCUT2D eigenvalue weighted by molar-refractivity contribution is 6.30. The number of nitrogens with one attached hydrogen (secondary N) is 1. The van der Waals surface area contributed by atoms with Crippen LogP contribution >= 0.6 is 11.6 Å². The Labute approximate surface area is 158 Å². The average Bonchev–Trinajstić information content (AvgIpc) is 3.41. The Morgan fingerprint density at radius 2 is 2.00 bits per heavy atom. The van der Waals surface area contributed by atoms with Crippen LogP contribution in [0.25, 0.3) is 0 Å². The maximum absolute atomic E-state index is 12.6. The van der Waals surface area contributed by atoms with Gasteiger partial charge in [-0.05, 0) is 49.6 Å². The van der Waals surface area contributed by atoms with Gasteiger partial charge in [0.2, 0.25) is 5.91 Å². The first-order valence-electron chi connectivity index (χ1n) is 9.40. The number of nitrogens with zero attached hydrogens (tertiary/aromatic N) is 2. The summed E-state index contributed by atoms with van der Waals surface area (Å²) in [5.74, 6) is 1.71. The lowest BCUT2D eigenvalue weighted by Gasteiger charge is -2.20. The molecule has 138 valence electrons. The van der Waals surface area contributed by atoms with Crippen LogP contribution in [0.3, 0.4) is 0 Å². The summed E-state index contributed by atoms with van der Waals surface area (Å²) in [7, 11) is 0. The van der Waals surface area contributed by atoms with Crippen LogP contribution in [0, 0.1) is 5.92 Å². The topological polar surface area (TPSA) is 58.2 Å². The van der Waals surface area contributed by atoms with Crippen LogP contribution in [0.2, 0.25) is 5.02 Å². The quantitative estimate of drug-likeness (QED) is 0.856. The molecule has 26 heavy (non-hydrogen) atoms. The van der Waals surface area contributed by atoms with E-state index in [0.29, 0.717) is 23.5 Å². The molecule has 1 aliphatic heterocycles. The van der Waals surface area contributed by atoms with Crippen molar-refractivity contribution in [2.24, 2.45) is 5.92 Å². The Kier molecular flexibility index (Phi) is 5.16. The summed E-state index contributed by atoms with van der Waals surface area (Å²) >= 11 is 5.88. The van der Waals surface area contributed by atoms with E-state index >= 15 is 0 Å². The third-order valence-electron chi connectivity index (χ3n) is 5.48. The summed E-state index contributed by atoms with van der Waals surface area (Å²) in [5, 5.41) is 8.20. The van der Waals surface area contributed by atoms with E-state index in [4.69, 9.17) is 16.3 Å². The fourth-order valence-electron chi connectivity index (χ4n) is 3.99. The van der Waals surface area contributed by atoms with Crippen molar-refractivity contribution in [3.8, 4) is 5.75 Å². The molecule has 0 bridgehead atoms. The van der Waals surface area contributed by atoms with Crippen LogP contribution in [0.1, 0.15) is 49.4 Å². The molecule has 0 radical (unpaired) electrons. The zero-order chi connectivity index (χ0) is 17.9. The first-order valence-corrected chi connectivity index (χ1v) is 9.78. The summed E-state index contributed by atoms with van der Waals surface area (Å²) in [4.78, 5) is 14.6. The van der Waals surface area contributed by atoms with Gasteiger partial charge in [-0.2, -0.15) is 5.10 Å². The molecule has 1 N–H and O–H groups in total. The highest BCUT2D eigenvalue weighted by Gasteiger charge is 2.33. The van der Waals surface area contributed by atoms with Crippen molar-refractivity contribution < 1.29 is 9.53 Å². The second kappa shape index (κ2) is 7.70. The minimum atomic E-state index is 0.260. The molecule has 4 rings (SSSR count). The minimum Gasteiger partial charge on any atom is -0.487 e. The van der Waals surface area contributed by atoms with Crippen LogP contribution in [0.5, 0.6) is 5.75 Å². The van der Waals surface area contributed by atoms with E-state index in [-0.39, 0.29) is 5.92 Å². The molecule has 1 atom stereocenters. The molecule has 1 aliphatic carbocycles. The van der Waals surface area contributed by atoms with Crippen LogP contribution in [0.15, 0.2) is 30.3 Å². The summed E-state index contributed by atoms with van der Waals surface area (Å²) in [6, 6.07) is 9.38. The number of hydrogen-bond acceptors (Lipinski definition) is 3. The fourth-order valence-corrected chi connectivity index (χ4v) is 4.11. The predicted octanol–water partition coefficient (Wildman–Crippen LogP) is 4.15. The Morgan fingerprint density at radius 1 is 1.23 bits per heavy atom. The van der Waals surface area contributed by atoms with E-state index < -0.39 is 0 Å². The molecule has 1 saturated heterocycles. The minimum absolute atomic E-state index is 0.260. The number of aromatic nitrogens is 2. The lowest BCUT2D eigenvalue weighted by atomic mass is 10.0. The Balaban J connectivity index is 1.31. The Bertz CT molecular complexity index is 753. The zero-order valence-corrected chi connectivity index (χ0v) is 15.5. The molecule has 0 spiro atoms. The number of carbonyl (C=O) groups is 1. The highest BCUT2D eigenvalue weighted by Crippen LogP contribution is 2.31. The van der Waals surface area contributed by atoms with E-state index in [1.165, 1.54) is 12.8 Å². The molecule has 6 heteroatoms. The first kappa shape index (κ1) is 17.4. The van der Waals surface area contributed by atoms with E-state index in [2.05, 4.69) is 16.3 Å². The van der Waals surface area contributed by atoms with Crippen molar-refractivity contribution in [2.75, 3.05) is 13.1 Å². The van der Waals surface area contributed by atoms with Crippen LogP contribution in [0.4, 0.5) is 0 Å². The van der Waals surface area contributed by atoms with Gasteiger partial charge in [0.1, 0.15) is 12.4 Å². The van der Waals surface area contributed by atoms with Gasteiger partial charge in [0.05, 0.1) is 11.4 Å². The number of ether oxygens (including phenoxy) is 1. The SMILES string of the molecule is O=C(C1CCCC1)N1CCC(c2cc(COc3ccc(Cl)cc3)[nH]n2)C1. The van der Waals surface area contributed by atoms with Gasteiger partial charge >= 0.3 is 0 Å². The summed E-state index contributed by atoms with van der Waals surface area (Å²) in [5.41, 5.74) is 1.97. The number of H-pyrrole nitrogens is 1. The first-order chi connectivity index (χ1) is 12.7. The Morgan fingerprint density at radius 3 is 2.77 bits per heavy atom. The summed E-state index contributed by atoms with van der Waals surface area (Å²) < 4.78 is 5.76. The predicted molar refractivity (Wildman–Crippen MR) is 100 cm³/mol. The van der Waals surface area contributed by atoms with Crippen molar-refractivity contribution in [2.45, 2.75) is 44.6 Å². The standard InChI is InChI=1S/C20H24ClN3O2/c21-16-5-7-18(8-6-16)26-13-17-11-19(23-22-17)15-9-10-24(12-15)20(25)14-3-1-2-4-14/h5-8,11,14-15H,1-4,9-10,12-13H2,(H,22,23). The molecular formula is C20H24ClN3O2. The summed E-state index contributed by atoms with van der Waals surface area (Å²) in [6.07, 6.45) is 5.51. The number of likely N-dealkylation sites (tertiary alicyclic amines) is 1. The van der Waals surface area contributed by atoms with E-state index in [1.54, 1.807) is 0 Å². The summed E-state index contributed by atoms with van der Waals surface area (Å²) in [6.45, 7) is 2.08. The van der Waals surface area contributed by atoms with Gasteiger partial charge in [0.25, 0.3) is 0 Å². The fraction of sp³-hybridized carbons (Fsp3) is 0.500. The zero-order valence-electron chi connectivity index (χ0n) is 14.8. The average molecular weight is 374 g/mol. The van der Waals surface area contributed by atoms with E-state index in [9.17, 15) is 4.79 Å². The van der Waals surface area contributed by atoms with Crippen LogP contribution in [-0.4, -0.2) is 34.1 Å². The lowest BCUT2D eigenvalue weighted by molar-refractivity contribution is -0.134. The number of hydrogen-bond donors (Lipinski definition) is 1. The number of amides is 1. The normalized spacial score (nSPS) is 20.7. The number of carbonyl (C=O) groups excluding carboxylic acids is 1. The number of benzene rings is 1. The van der Waals surface area contributed by atoms with Crippen LogP contribution in [-0.2, 0) is 11.4 Å². The highest BCUT2D eigenvalue weighted by atomic mass is 35.5. The molecule has 1 aromatic heterocycles. The van der Waals surface area contributed by atoms with Gasteiger partial charge in [-0.25, -0.2) is 0 Å². The van der Waals surface area contributed by atoms with Gasteiger partial charge in [0, 0.05) is 29.9 Å². The number of aromatic amines is 1.